The second-order valence-corrected chi connectivity index (χ2v) is 4.65. The van der Waals surface area contributed by atoms with Crippen molar-refractivity contribution in [2.24, 2.45) is 0 Å². The molecule has 0 aromatic heterocycles. The van der Waals surface area contributed by atoms with E-state index in [1.54, 1.807) is 22.3 Å². The van der Waals surface area contributed by atoms with Crippen molar-refractivity contribution in [1.29, 1.82) is 0 Å². The van der Waals surface area contributed by atoms with Gasteiger partial charge in [-0.3, -0.25) is 0 Å². The van der Waals surface area contributed by atoms with Gasteiger partial charge in [-0.1, -0.05) is 46.6 Å². The van der Waals surface area contributed by atoms with Crippen LogP contribution < -0.4 is 0 Å². The summed E-state index contributed by atoms with van der Waals surface area (Å²) in [5, 5.41) is 0. The quantitative estimate of drug-likeness (QED) is 0.578. The van der Waals surface area contributed by atoms with Crippen LogP contribution in [-0.4, -0.2) is 0 Å². The van der Waals surface area contributed by atoms with Gasteiger partial charge >= 0.3 is 0 Å². The molecule has 0 spiro atoms. The van der Waals surface area contributed by atoms with Crippen molar-refractivity contribution in [3.05, 3.63) is 46.6 Å². The summed E-state index contributed by atoms with van der Waals surface area (Å²) >= 11 is 0. The molecule has 16 heavy (non-hydrogen) atoms. The molecule has 2 fully saturated rings. The van der Waals surface area contributed by atoms with Gasteiger partial charge in [0.05, 0.1) is 0 Å². The van der Waals surface area contributed by atoms with Gasteiger partial charge < -0.3 is 0 Å². The topological polar surface area (TPSA) is 0 Å². The predicted molar refractivity (Wildman–Crippen MR) is 74.5 cm³/mol. The fourth-order valence-electron chi connectivity index (χ4n) is 2.62. The van der Waals surface area contributed by atoms with Crippen LogP contribution in [0.25, 0.3) is 0 Å². The van der Waals surface area contributed by atoms with Crippen LogP contribution >= 0.6 is 24.8 Å². The van der Waals surface area contributed by atoms with E-state index in [1.807, 2.05) is 0 Å². The van der Waals surface area contributed by atoms with Crippen molar-refractivity contribution in [3.63, 3.8) is 0 Å². The van der Waals surface area contributed by atoms with Crippen LogP contribution in [0.1, 0.15) is 38.5 Å². The molecule has 4 rings (SSSR count). The number of fused-ring (bicyclic) bond motifs is 4. The summed E-state index contributed by atoms with van der Waals surface area (Å²) in [5.74, 6) is 0. The van der Waals surface area contributed by atoms with Crippen LogP contribution in [0.2, 0.25) is 0 Å². The smallest absolute Gasteiger partial charge is 0.0102 e. The van der Waals surface area contributed by atoms with Crippen molar-refractivity contribution in [2.75, 3.05) is 0 Å². The molecule has 0 nitrogen and oxygen atoms in total. The standard InChI is InChI=1S/2C7H8.2ClH/c2*1-2-7-4-3-6(1)5-7;;/h2*1-2H,3-5H2;2*1H. The van der Waals surface area contributed by atoms with E-state index in [2.05, 4.69) is 24.3 Å². The zero-order valence-corrected chi connectivity index (χ0v) is 11.0. The van der Waals surface area contributed by atoms with Gasteiger partial charge in [-0.25, -0.2) is 0 Å². The molecule has 2 saturated carbocycles. The first kappa shape index (κ1) is 13.6. The molecule has 0 amide bonds. The van der Waals surface area contributed by atoms with Gasteiger partial charge in [0.15, 0.2) is 0 Å². The average molecular weight is 257 g/mol. The number of rotatable bonds is 0. The zero-order chi connectivity index (χ0) is 9.38. The minimum Gasteiger partial charge on any atom is -0.147 e. The van der Waals surface area contributed by atoms with E-state index in [0.29, 0.717) is 0 Å². The summed E-state index contributed by atoms with van der Waals surface area (Å²) in [6, 6.07) is 0. The highest BCUT2D eigenvalue weighted by Crippen LogP contribution is 2.34. The molecule has 4 bridgehead atoms. The van der Waals surface area contributed by atoms with Gasteiger partial charge in [-0.2, -0.15) is 0 Å². The first-order valence-corrected chi connectivity index (χ1v) is 5.65. The maximum absolute atomic E-state index is 2.26. The number of halogens is 2. The third kappa shape index (κ3) is 2.81. The summed E-state index contributed by atoms with van der Waals surface area (Å²) in [4.78, 5) is 0. The van der Waals surface area contributed by atoms with E-state index in [9.17, 15) is 0 Å². The third-order valence-electron chi connectivity index (χ3n) is 3.55. The first-order chi connectivity index (χ1) is 6.90. The van der Waals surface area contributed by atoms with Crippen LogP contribution in [0.3, 0.4) is 0 Å². The summed E-state index contributed by atoms with van der Waals surface area (Å²) in [7, 11) is 0. The van der Waals surface area contributed by atoms with Crippen LogP contribution in [0.4, 0.5) is 0 Å². The van der Waals surface area contributed by atoms with Gasteiger partial charge in [-0.05, 0) is 38.5 Å². The highest BCUT2D eigenvalue weighted by molar-refractivity contribution is 5.85. The Morgan fingerprint density at radius 2 is 0.750 bits per heavy atom. The molecule has 0 saturated heterocycles. The molecule has 0 aromatic carbocycles. The molecule has 0 aromatic rings. The zero-order valence-electron chi connectivity index (χ0n) is 9.37. The molecule has 0 heterocycles. The van der Waals surface area contributed by atoms with Crippen LogP contribution in [-0.2, 0) is 0 Å². The van der Waals surface area contributed by atoms with E-state index < -0.39 is 0 Å². The number of hydrogen-bond acceptors (Lipinski definition) is 0. The Balaban J connectivity index is 0.000000142. The Morgan fingerprint density at radius 1 is 0.500 bits per heavy atom. The average Bonchev–Trinajstić information content (AvgIpc) is 3.01. The second kappa shape index (κ2) is 5.75. The van der Waals surface area contributed by atoms with Crippen molar-refractivity contribution < 1.29 is 0 Å². The maximum Gasteiger partial charge on any atom is -0.0102 e. The molecule has 0 radical (unpaired) electrons. The lowest BCUT2D eigenvalue weighted by Gasteiger charge is -1.87. The number of allylic oxidation sites excluding steroid dienone is 8. The molecule has 88 valence electrons. The number of hydrogen-bond donors (Lipinski definition) is 0. The molecule has 4 aliphatic rings. The van der Waals surface area contributed by atoms with Crippen molar-refractivity contribution >= 4 is 24.8 Å². The second-order valence-electron chi connectivity index (χ2n) is 4.65. The van der Waals surface area contributed by atoms with Crippen LogP contribution in [0.15, 0.2) is 46.6 Å². The summed E-state index contributed by atoms with van der Waals surface area (Å²) < 4.78 is 0. The van der Waals surface area contributed by atoms with E-state index >= 15 is 0 Å². The molecular formula is C14H18Cl2. The highest BCUT2D eigenvalue weighted by Gasteiger charge is 2.15. The molecular weight excluding hydrogens is 239 g/mol. The van der Waals surface area contributed by atoms with Crippen molar-refractivity contribution in [3.8, 4) is 0 Å². The van der Waals surface area contributed by atoms with Crippen molar-refractivity contribution in [2.45, 2.75) is 38.5 Å². The Bertz CT molecular complexity index is 310. The monoisotopic (exact) mass is 256 g/mol. The van der Waals surface area contributed by atoms with Crippen LogP contribution in [0.5, 0.6) is 0 Å². The van der Waals surface area contributed by atoms with E-state index in [-0.39, 0.29) is 24.8 Å². The summed E-state index contributed by atoms with van der Waals surface area (Å²) in [6.07, 6.45) is 17.1. The Kier molecular flexibility index (Phi) is 4.89. The predicted octanol–water partition coefficient (Wildman–Crippen LogP) is 4.92. The third-order valence-corrected chi connectivity index (χ3v) is 3.55. The highest BCUT2D eigenvalue weighted by atomic mass is 35.5. The SMILES string of the molecule is C1=C2CCC(=C1)C2.C1=C2CCC(=C1)C2.Cl.Cl. The van der Waals surface area contributed by atoms with E-state index in [0.717, 1.165) is 0 Å². The lowest BCUT2D eigenvalue weighted by Crippen LogP contribution is -1.67. The fourth-order valence-corrected chi connectivity index (χ4v) is 2.62. The lowest BCUT2D eigenvalue weighted by atomic mass is 10.2. The molecule has 2 heteroatoms. The van der Waals surface area contributed by atoms with Crippen LogP contribution in [0, 0.1) is 0 Å². The Hall–Kier alpha value is -0.460. The molecule has 4 aliphatic carbocycles. The molecule has 0 atom stereocenters. The minimum absolute atomic E-state index is 0. The van der Waals surface area contributed by atoms with E-state index in [4.69, 9.17) is 0 Å². The molecule has 0 unspecified atom stereocenters. The van der Waals surface area contributed by atoms with Gasteiger partial charge in [0.2, 0.25) is 0 Å². The molecule has 0 N–H and O–H groups in total. The first-order valence-electron chi connectivity index (χ1n) is 5.65. The largest absolute Gasteiger partial charge is 0.147 e. The Morgan fingerprint density at radius 3 is 0.812 bits per heavy atom. The lowest BCUT2D eigenvalue weighted by molar-refractivity contribution is 1.04. The van der Waals surface area contributed by atoms with Gasteiger partial charge in [0.25, 0.3) is 0 Å². The Labute approximate surface area is 110 Å². The molecule has 0 aliphatic heterocycles. The minimum atomic E-state index is 0. The van der Waals surface area contributed by atoms with Gasteiger partial charge in [-0.15, -0.1) is 24.8 Å². The normalized spacial score (nSPS) is 22.0. The summed E-state index contributed by atoms with van der Waals surface area (Å²) in [6.45, 7) is 0. The van der Waals surface area contributed by atoms with E-state index in [1.165, 1.54) is 38.5 Å². The van der Waals surface area contributed by atoms with Crippen molar-refractivity contribution in [1.82, 2.24) is 0 Å². The van der Waals surface area contributed by atoms with Gasteiger partial charge in [0.1, 0.15) is 0 Å². The van der Waals surface area contributed by atoms with Gasteiger partial charge in [0, 0.05) is 0 Å². The summed E-state index contributed by atoms with van der Waals surface area (Å²) in [5.41, 5.74) is 6.59. The fraction of sp³-hybridized carbons (Fsp3) is 0.429. The maximum atomic E-state index is 2.26.